The maximum atomic E-state index is 12.0. The smallest absolute Gasteiger partial charge is 0.252 e. The SMILES string of the molecule is CCCC(C#N)NC(=O)c1cccc(Br)c1C. The van der Waals surface area contributed by atoms with Gasteiger partial charge in [0.25, 0.3) is 5.91 Å². The number of nitriles is 1. The molecule has 1 N–H and O–H groups in total. The monoisotopic (exact) mass is 294 g/mol. The molecular weight excluding hydrogens is 280 g/mol. The standard InChI is InChI=1S/C13H15BrN2O/c1-3-5-10(8-15)16-13(17)11-6-4-7-12(14)9(11)2/h4,6-7,10H,3,5H2,1-2H3,(H,16,17). The van der Waals surface area contributed by atoms with Crippen molar-refractivity contribution in [2.45, 2.75) is 32.7 Å². The third-order valence-corrected chi connectivity index (χ3v) is 3.41. The van der Waals surface area contributed by atoms with Crippen molar-refractivity contribution >= 4 is 21.8 Å². The van der Waals surface area contributed by atoms with E-state index in [-0.39, 0.29) is 5.91 Å². The van der Waals surface area contributed by atoms with E-state index in [1.807, 2.05) is 26.0 Å². The van der Waals surface area contributed by atoms with Gasteiger partial charge in [-0.1, -0.05) is 35.3 Å². The van der Waals surface area contributed by atoms with Crippen LogP contribution in [0.15, 0.2) is 22.7 Å². The lowest BCUT2D eigenvalue weighted by atomic mass is 10.1. The summed E-state index contributed by atoms with van der Waals surface area (Å²) in [5.74, 6) is -0.191. The Hall–Kier alpha value is -1.34. The molecule has 0 saturated carbocycles. The average Bonchev–Trinajstić information content (AvgIpc) is 2.31. The molecule has 0 aliphatic heterocycles. The zero-order valence-electron chi connectivity index (χ0n) is 9.96. The van der Waals surface area contributed by atoms with Gasteiger partial charge in [0.15, 0.2) is 0 Å². The lowest BCUT2D eigenvalue weighted by Gasteiger charge is -2.12. The summed E-state index contributed by atoms with van der Waals surface area (Å²) in [7, 11) is 0. The number of rotatable bonds is 4. The van der Waals surface area contributed by atoms with Gasteiger partial charge in [-0.3, -0.25) is 4.79 Å². The number of nitrogens with one attached hydrogen (secondary N) is 1. The first-order chi connectivity index (χ1) is 8.10. The van der Waals surface area contributed by atoms with Crippen LogP contribution in [-0.2, 0) is 0 Å². The lowest BCUT2D eigenvalue weighted by Crippen LogP contribution is -2.34. The Morgan fingerprint density at radius 2 is 2.29 bits per heavy atom. The van der Waals surface area contributed by atoms with Crippen LogP contribution in [0.4, 0.5) is 0 Å². The minimum absolute atomic E-state index is 0.191. The Morgan fingerprint density at radius 1 is 1.59 bits per heavy atom. The molecule has 0 heterocycles. The fourth-order valence-electron chi connectivity index (χ4n) is 1.55. The molecule has 0 aliphatic rings. The lowest BCUT2D eigenvalue weighted by molar-refractivity contribution is 0.0943. The highest BCUT2D eigenvalue weighted by Crippen LogP contribution is 2.19. The van der Waals surface area contributed by atoms with Gasteiger partial charge in [0.2, 0.25) is 0 Å². The fourth-order valence-corrected chi connectivity index (χ4v) is 1.91. The van der Waals surface area contributed by atoms with E-state index in [0.717, 1.165) is 16.5 Å². The van der Waals surface area contributed by atoms with Gasteiger partial charge in [0.1, 0.15) is 6.04 Å². The predicted octanol–water partition coefficient (Wildman–Crippen LogP) is 3.18. The van der Waals surface area contributed by atoms with Gasteiger partial charge in [-0.2, -0.15) is 5.26 Å². The molecule has 1 unspecified atom stereocenters. The summed E-state index contributed by atoms with van der Waals surface area (Å²) in [4.78, 5) is 12.0. The first-order valence-electron chi connectivity index (χ1n) is 5.55. The highest BCUT2D eigenvalue weighted by Gasteiger charge is 2.14. The van der Waals surface area contributed by atoms with Gasteiger partial charge in [0, 0.05) is 10.0 Å². The number of benzene rings is 1. The van der Waals surface area contributed by atoms with Crippen molar-refractivity contribution in [3.8, 4) is 6.07 Å². The van der Waals surface area contributed by atoms with Crippen molar-refractivity contribution in [1.29, 1.82) is 5.26 Å². The van der Waals surface area contributed by atoms with Crippen molar-refractivity contribution in [2.75, 3.05) is 0 Å². The van der Waals surface area contributed by atoms with Crippen LogP contribution in [0.5, 0.6) is 0 Å². The fraction of sp³-hybridized carbons (Fsp3) is 0.385. The van der Waals surface area contributed by atoms with Crippen LogP contribution in [0.1, 0.15) is 35.7 Å². The molecule has 90 valence electrons. The number of carbonyl (C=O) groups is 1. The summed E-state index contributed by atoms with van der Waals surface area (Å²) >= 11 is 3.38. The molecule has 1 amide bonds. The van der Waals surface area contributed by atoms with Crippen LogP contribution in [-0.4, -0.2) is 11.9 Å². The zero-order chi connectivity index (χ0) is 12.8. The van der Waals surface area contributed by atoms with E-state index in [1.54, 1.807) is 6.07 Å². The summed E-state index contributed by atoms with van der Waals surface area (Å²) in [6.45, 7) is 3.86. The van der Waals surface area contributed by atoms with Crippen LogP contribution in [0.3, 0.4) is 0 Å². The largest absolute Gasteiger partial charge is 0.336 e. The topological polar surface area (TPSA) is 52.9 Å². The normalized spacial score (nSPS) is 11.6. The van der Waals surface area contributed by atoms with Crippen molar-refractivity contribution < 1.29 is 4.79 Å². The Balaban J connectivity index is 2.83. The minimum Gasteiger partial charge on any atom is -0.336 e. The molecule has 0 aromatic heterocycles. The van der Waals surface area contributed by atoms with E-state index in [2.05, 4.69) is 27.3 Å². The molecule has 0 fully saturated rings. The van der Waals surface area contributed by atoms with E-state index >= 15 is 0 Å². The number of carbonyl (C=O) groups excluding carboxylic acids is 1. The van der Waals surface area contributed by atoms with E-state index in [1.165, 1.54) is 0 Å². The molecule has 0 spiro atoms. The number of halogens is 1. The molecule has 3 nitrogen and oxygen atoms in total. The molecule has 1 atom stereocenters. The Labute approximate surface area is 110 Å². The number of amides is 1. The second-order valence-electron chi connectivity index (χ2n) is 3.86. The van der Waals surface area contributed by atoms with Crippen LogP contribution in [0.25, 0.3) is 0 Å². The van der Waals surface area contributed by atoms with Gasteiger partial charge in [-0.25, -0.2) is 0 Å². The van der Waals surface area contributed by atoms with E-state index in [0.29, 0.717) is 12.0 Å². The van der Waals surface area contributed by atoms with Gasteiger partial charge < -0.3 is 5.32 Å². The predicted molar refractivity (Wildman–Crippen MR) is 70.7 cm³/mol. The molecule has 0 bridgehead atoms. The molecule has 1 rings (SSSR count). The van der Waals surface area contributed by atoms with Gasteiger partial charge >= 0.3 is 0 Å². The van der Waals surface area contributed by atoms with Crippen molar-refractivity contribution in [3.05, 3.63) is 33.8 Å². The van der Waals surface area contributed by atoms with E-state index < -0.39 is 6.04 Å². The second kappa shape index (κ2) is 6.41. The Bertz CT molecular complexity index is 451. The molecule has 17 heavy (non-hydrogen) atoms. The van der Waals surface area contributed by atoms with Crippen molar-refractivity contribution in [2.24, 2.45) is 0 Å². The Kier molecular flexibility index (Phi) is 5.17. The molecule has 1 aromatic rings. The zero-order valence-corrected chi connectivity index (χ0v) is 11.5. The van der Waals surface area contributed by atoms with Gasteiger partial charge in [-0.05, 0) is 31.0 Å². The first-order valence-corrected chi connectivity index (χ1v) is 6.35. The van der Waals surface area contributed by atoms with Crippen LogP contribution < -0.4 is 5.32 Å². The van der Waals surface area contributed by atoms with E-state index in [4.69, 9.17) is 5.26 Å². The molecular formula is C13H15BrN2O. The van der Waals surface area contributed by atoms with Crippen LogP contribution >= 0.6 is 15.9 Å². The summed E-state index contributed by atoms with van der Waals surface area (Å²) in [5, 5.41) is 11.6. The molecule has 1 aromatic carbocycles. The number of nitrogens with zero attached hydrogens (tertiary/aromatic N) is 1. The number of hydrogen-bond donors (Lipinski definition) is 1. The quantitative estimate of drug-likeness (QED) is 0.927. The molecule has 0 radical (unpaired) electrons. The molecule has 0 aliphatic carbocycles. The van der Waals surface area contributed by atoms with Crippen LogP contribution in [0, 0.1) is 18.3 Å². The minimum atomic E-state index is -0.411. The molecule has 0 saturated heterocycles. The third kappa shape index (κ3) is 3.57. The first kappa shape index (κ1) is 13.7. The summed E-state index contributed by atoms with van der Waals surface area (Å²) in [6.07, 6.45) is 1.55. The maximum Gasteiger partial charge on any atom is 0.252 e. The van der Waals surface area contributed by atoms with Gasteiger partial charge in [-0.15, -0.1) is 0 Å². The Morgan fingerprint density at radius 3 is 2.88 bits per heavy atom. The van der Waals surface area contributed by atoms with E-state index in [9.17, 15) is 4.79 Å². The summed E-state index contributed by atoms with van der Waals surface area (Å²) in [5.41, 5.74) is 1.49. The van der Waals surface area contributed by atoms with Gasteiger partial charge in [0.05, 0.1) is 6.07 Å². The second-order valence-corrected chi connectivity index (χ2v) is 4.71. The summed E-state index contributed by atoms with van der Waals surface area (Å²) in [6, 6.07) is 7.14. The van der Waals surface area contributed by atoms with Crippen molar-refractivity contribution in [3.63, 3.8) is 0 Å². The highest BCUT2D eigenvalue weighted by molar-refractivity contribution is 9.10. The van der Waals surface area contributed by atoms with Crippen LogP contribution in [0.2, 0.25) is 0 Å². The third-order valence-electron chi connectivity index (χ3n) is 2.55. The average molecular weight is 295 g/mol. The number of hydrogen-bond acceptors (Lipinski definition) is 2. The maximum absolute atomic E-state index is 12.0. The summed E-state index contributed by atoms with van der Waals surface area (Å²) < 4.78 is 0.897. The molecule has 4 heteroatoms. The van der Waals surface area contributed by atoms with Crippen molar-refractivity contribution in [1.82, 2.24) is 5.32 Å². The highest BCUT2D eigenvalue weighted by atomic mass is 79.9.